The number of benzene rings is 1. The average Bonchev–Trinajstić information content (AvgIpc) is 2.70. The Morgan fingerprint density at radius 2 is 1.45 bits per heavy atom. The molecule has 2 N–H and O–H groups in total. The molecule has 2 amide bonds. The molecule has 1 aromatic rings. The second kappa shape index (κ2) is 12.6. The topological polar surface area (TPSA) is 73.9 Å². The Morgan fingerprint density at radius 3 is 1.93 bits per heavy atom. The molecule has 0 bridgehead atoms. The lowest BCUT2D eigenvalue weighted by Crippen LogP contribution is -2.51. The van der Waals surface area contributed by atoms with Crippen molar-refractivity contribution in [1.82, 2.24) is 20.4 Å². The highest BCUT2D eigenvalue weighted by Gasteiger charge is 2.20. The van der Waals surface area contributed by atoms with E-state index in [2.05, 4.69) is 58.5 Å². The molecule has 7 nitrogen and oxygen atoms in total. The van der Waals surface area contributed by atoms with E-state index in [9.17, 15) is 9.59 Å². The highest BCUT2D eigenvalue weighted by Crippen LogP contribution is 2.14. The Balaban J connectivity index is 1.58. The van der Waals surface area contributed by atoms with Crippen molar-refractivity contribution in [3.63, 3.8) is 0 Å². The van der Waals surface area contributed by atoms with Crippen LogP contribution in [0.2, 0.25) is 0 Å². The quantitative estimate of drug-likeness (QED) is 0.535. The van der Waals surface area contributed by atoms with E-state index in [1.807, 2.05) is 0 Å². The van der Waals surface area contributed by atoms with Gasteiger partial charge < -0.3 is 15.4 Å². The molecule has 29 heavy (non-hydrogen) atoms. The summed E-state index contributed by atoms with van der Waals surface area (Å²) in [6, 6.07) is 8.62. The van der Waals surface area contributed by atoms with Crippen molar-refractivity contribution in [2.75, 3.05) is 66.1 Å². The minimum atomic E-state index is 0.0228. The van der Waals surface area contributed by atoms with Gasteiger partial charge in [-0.05, 0) is 23.5 Å². The van der Waals surface area contributed by atoms with Gasteiger partial charge in [0.25, 0.3) is 0 Å². The predicted molar refractivity (Wildman–Crippen MR) is 115 cm³/mol. The molecular weight excluding hydrogens is 368 g/mol. The van der Waals surface area contributed by atoms with Gasteiger partial charge in [-0.3, -0.25) is 19.4 Å². The summed E-state index contributed by atoms with van der Waals surface area (Å²) in [5, 5.41) is 5.85. The standard InChI is InChI=1S/C22H36N4O3/c1-18(2)20-6-4-19(5-7-20)8-9-23-21(27)16-25-11-13-26(14-12-25)17-22(28)24-10-15-29-3/h4-7,18H,8-17H2,1-3H3,(H,23,27)(H,24,28). The Kier molecular flexibility index (Phi) is 10.1. The van der Waals surface area contributed by atoms with Gasteiger partial charge in [-0.15, -0.1) is 0 Å². The van der Waals surface area contributed by atoms with Gasteiger partial charge in [0.1, 0.15) is 0 Å². The average molecular weight is 405 g/mol. The normalized spacial score (nSPS) is 15.4. The molecule has 0 saturated carbocycles. The molecule has 1 heterocycles. The number of nitrogens with zero attached hydrogens (tertiary/aromatic N) is 2. The first-order valence-corrected chi connectivity index (χ1v) is 10.5. The van der Waals surface area contributed by atoms with E-state index in [1.54, 1.807) is 7.11 Å². The van der Waals surface area contributed by atoms with Gasteiger partial charge in [0.05, 0.1) is 19.7 Å². The number of carbonyl (C=O) groups is 2. The molecule has 0 aromatic heterocycles. The van der Waals surface area contributed by atoms with E-state index >= 15 is 0 Å². The third kappa shape index (κ3) is 8.94. The SMILES string of the molecule is COCCNC(=O)CN1CCN(CC(=O)NCCc2ccc(C(C)C)cc2)CC1. The molecule has 2 rings (SSSR count). The Bertz CT molecular complexity index is 625. The summed E-state index contributed by atoms with van der Waals surface area (Å²) < 4.78 is 4.93. The van der Waals surface area contributed by atoms with Crippen LogP contribution < -0.4 is 10.6 Å². The summed E-state index contributed by atoms with van der Waals surface area (Å²) >= 11 is 0. The maximum atomic E-state index is 12.2. The fraction of sp³-hybridized carbons (Fsp3) is 0.636. The number of hydrogen-bond donors (Lipinski definition) is 2. The first-order chi connectivity index (χ1) is 14.0. The van der Waals surface area contributed by atoms with Crippen molar-refractivity contribution < 1.29 is 14.3 Å². The summed E-state index contributed by atoms with van der Waals surface area (Å²) in [4.78, 5) is 28.3. The van der Waals surface area contributed by atoms with Gasteiger partial charge >= 0.3 is 0 Å². The zero-order valence-corrected chi connectivity index (χ0v) is 18.1. The maximum Gasteiger partial charge on any atom is 0.234 e. The van der Waals surface area contributed by atoms with Crippen molar-refractivity contribution in [1.29, 1.82) is 0 Å². The van der Waals surface area contributed by atoms with Crippen LogP contribution in [0.15, 0.2) is 24.3 Å². The summed E-state index contributed by atoms with van der Waals surface area (Å²) in [5.41, 5.74) is 2.58. The predicted octanol–water partition coefficient (Wildman–Crippen LogP) is 0.849. The lowest BCUT2D eigenvalue weighted by Gasteiger charge is -2.33. The summed E-state index contributed by atoms with van der Waals surface area (Å²) in [6.07, 6.45) is 0.843. The summed E-state index contributed by atoms with van der Waals surface area (Å²) in [6.45, 7) is 10.1. The maximum absolute atomic E-state index is 12.2. The van der Waals surface area contributed by atoms with Crippen LogP contribution in [0.5, 0.6) is 0 Å². The Labute approximate surface area is 174 Å². The number of rotatable bonds is 11. The molecule has 1 aliphatic heterocycles. The molecule has 162 valence electrons. The van der Waals surface area contributed by atoms with Gasteiger partial charge in [-0.25, -0.2) is 0 Å². The van der Waals surface area contributed by atoms with Gasteiger partial charge in [-0.2, -0.15) is 0 Å². The molecule has 0 radical (unpaired) electrons. The smallest absolute Gasteiger partial charge is 0.234 e. The van der Waals surface area contributed by atoms with Crippen LogP contribution in [0.1, 0.15) is 30.9 Å². The first-order valence-electron chi connectivity index (χ1n) is 10.5. The molecule has 0 atom stereocenters. The third-order valence-corrected chi connectivity index (χ3v) is 5.21. The van der Waals surface area contributed by atoms with E-state index < -0.39 is 0 Å². The van der Waals surface area contributed by atoms with E-state index in [4.69, 9.17) is 4.74 Å². The zero-order chi connectivity index (χ0) is 21.1. The van der Waals surface area contributed by atoms with Gasteiger partial charge in [-0.1, -0.05) is 38.1 Å². The molecule has 7 heteroatoms. The minimum absolute atomic E-state index is 0.0228. The molecule has 1 aliphatic rings. The third-order valence-electron chi connectivity index (χ3n) is 5.21. The number of methoxy groups -OCH3 is 1. The largest absolute Gasteiger partial charge is 0.383 e. The van der Waals surface area contributed by atoms with E-state index in [1.165, 1.54) is 11.1 Å². The van der Waals surface area contributed by atoms with Crippen LogP contribution in [-0.2, 0) is 20.7 Å². The fourth-order valence-electron chi connectivity index (χ4n) is 3.33. The molecular formula is C22H36N4O3. The Hall–Kier alpha value is -1.96. The van der Waals surface area contributed by atoms with Crippen LogP contribution in [0.4, 0.5) is 0 Å². The van der Waals surface area contributed by atoms with E-state index in [0.717, 1.165) is 32.6 Å². The number of ether oxygens (including phenoxy) is 1. The first kappa shape index (κ1) is 23.3. The van der Waals surface area contributed by atoms with Crippen LogP contribution >= 0.6 is 0 Å². The highest BCUT2D eigenvalue weighted by atomic mass is 16.5. The molecule has 1 fully saturated rings. The van der Waals surface area contributed by atoms with E-state index in [0.29, 0.717) is 38.7 Å². The lowest BCUT2D eigenvalue weighted by molar-refractivity contribution is -0.125. The molecule has 0 unspecified atom stereocenters. The van der Waals surface area contributed by atoms with Gasteiger partial charge in [0.15, 0.2) is 0 Å². The van der Waals surface area contributed by atoms with Gasteiger partial charge in [0.2, 0.25) is 11.8 Å². The highest BCUT2D eigenvalue weighted by molar-refractivity contribution is 5.78. The second-order valence-electron chi connectivity index (χ2n) is 7.89. The minimum Gasteiger partial charge on any atom is -0.383 e. The van der Waals surface area contributed by atoms with Crippen molar-refractivity contribution in [2.45, 2.75) is 26.2 Å². The molecule has 1 saturated heterocycles. The van der Waals surface area contributed by atoms with Crippen LogP contribution in [0, 0.1) is 0 Å². The van der Waals surface area contributed by atoms with Crippen molar-refractivity contribution in [3.05, 3.63) is 35.4 Å². The number of amides is 2. The number of carbonyl (C=O) groups excluding carboxylic acids is 2. The number of piperazine rings is 1. The second-order valence-corrected chi connectivity index (χ2v) is 7.89. The van der Waals surface area contributed by atoms with Crippen LogP contribution in [0.3, 0.4) is 0 Å². The lowest BCUT2D eigenvalue weighted by atomic mass is 10.0. The van der Waals surface area contributed by atoms with Gasteiger partial charge in [0, 0.05) is 46.4 Å². The van der Waals surface area contributed by atoms with E-state index in [-0.39, 0.29) is 11.8 Å². The fourth-order valence-corrected chi connectivity index (χ4v) is 3.33. The zero-order valence-electron chi connectivity index (χ0n) is 18.1. The van der Waals surface area contributed by atoms with Crippen molar-refractivity contribution >= 4 is 11.8 Å². The number of nitrogens with one attached hydrogen (secondary N) is 2. The summed E-state index contributed by atoms with van der Waals surface area (Å²) in [5.74, 6) is 0.624. The number of hydrogen-bond acceptors (Lipinski definition) is 5. The summed E-state index contributed by atoms with van der Waals surface area (Å²) in [7, 11) is 1.62. The van der Waals surface area contributed by atoms with Crippen molar-refractivity contribution in [2.24, 2.45) is 0 Å². The molecule has 0 aliphatic carbocycles. The molecule has 1 aromatic carbocycles. The van der Waals surface area contributed by atoms with Crippen molar-refractivity contribution in [3.8, 4) is 0 Å². The van der Waals surface area contributed by atoms with Crippen LogP contribution in [0.25, 0.3) is 0 Å². The molecule has 0 spiro atoms. The Morgan fingerprint density at radius 1 is 0.931 bits per heavy atom. The van der Waals surface area contributed by atoms with Crippen LogP contribution in [-0.4, -0.2) is 87.7 Å². The monoisotopic (exact) mass is 404 g/mol.